The van der Waals surface area contributed by atoms with E-state index in [2.05, 4.69) is 11.9 Å². The molecule has 2 aromatic carbocycles. The van der Waals surface area contributed by atoms with E-state index in [0.717, 1.165) is 47.2 Å². The molecule has 1 unspecified atom stereocenters. The van der Waals surface area contributed by atoms with Crippen molar-refractivity contribution in [2.24, 2.45) is 0 Å². The predicted molar refractivity (Wildman–Crippen MR) is 95.6 cm³/mol. The average Bonchev–Trinajstić information content (AvgIpc) is 2.63. The highest BCUT2D eigenvalue weighted by Crippen LogP contribution is 2.53. The molecule has 0 saturated carbocycles. The van der Waals surface area contributed by atoms with Crippen LogP contribution in [0.15, 0.2) is 18.2 Å². The van der Waals surface area contributed by atoms with Crippen LogP contribution in [0.5, 0.6) is 23.0 Å². The Morgan fingerprint density at radius 2 is 2.00 bits per heavy atom. The van der Waals surface area contributed by atoms with E-state index in [1.54, 1.807) is 18.2 Å². The number of benzene rings is 2. The second-order valence-electron chi connectivity index (χ2n) is 6.75. The van der Waals surface area contributed by atoms with Crippen LogP contribution in [-0.4, -0.2) is 42.4 Å². The Kier molecular flexibility index (Phi) is 3.89. The minimum absolute atomic E-state index is 0.0391. The molecule has 6 heteroatoms. The number of likely N-dealkylation sites (N-methyl/N-ethyl adjacent to an activating group) is 1. The van der Waals surface area contributed by atoms with Crippen molar-refractivity contribution >= 4 is 0 Å². The largest absolute Gasteiger partial charge is 0.504 e. The van der Waals surface area contributed by atoms with E-state index >= 15 is 0 Å². The predicted octanol–water partition coefficient (Wildman–Crippen LogP) is 2.76. The van der Waals surface area contributed by atoms with Gasteiger partial charge in [0.25, 0.3) is 0 Å². The zero-order valence-electron chi connectivity index (χ0n) is 14.7. The van der Waals surface area contributed by atoms with Crippen LogP contribution in [0, 0.1) is 11.3 Å². The first-order valence-electron chi connectivity index (χ1n) is 8.54. The number of fused-ring (bicyclic) bond motifs is 2. The van der Waals surface area contributed by atoms with Gasteiger partial charge >= 0.3 is 0 Å². The summed E-state index contributed by atoms with van der Waals surface area (Å²) in [5.41, 5.74) is 4.86. The minimum Gasteiger partial charge on any atom is -0.504 e. The number of aromatic hydroxyl groups is 2. The fraction of sp³-hybridized carbons (Fsp3) is 0.350. The van der Waals surface area contributed by atoms with Gasteiger partial charge in [0.2, 0.25) is 0 Å². The standard InChI is InChI=1S/C20H20N2O4/c1-22-5-3-11-8-16(24)20(26-6-4-21)19-13-10-17(25-2)15(23)9-12(13)7-14(22)18(11)19/h8-10,14,23-24H,3,5-7H2,1-2H3. The van der Waals surface area contributed by atoms with Gasteiger partial charge in [-0.2, -0.15) is 5.26 Å². The molecule has 0 amide bonds. The lowest BCUT2D eigenvalue weighted by atomic mass is 9.76. The lowest BCUT2D eigenvalue weighted by Crippen LogP contribution is -2.35. The highest BCUT2D eigenvalue weighted by Gasteiger charge is 2.36. The summed E-state index contributed by atoms with van der Waals surface area (Å²) in [5, 5.41) is 29.7. The number of nitrogens with zero attached hydrogens (tertiary/aromatic N) is 2. The molecule has 2 N–H and O–H groups in total. The third-order valence-corrected chi connectivity index (χ3v) is 5.35. The monoisotopic (exact) mass is 352 g/mol. The first-order valence-corrected chi connectivity index (χ1v) is 8.54. The quantitative estimate of drug-likeness (QED) is 0.883. The van der Waals surface area contributed by atoms with Gasteiger partial charge in [-0.3, -0.25) is 4.90 Å². The van der Waals surface area contributed by atoms with Gasteiger partial charge in [-0.05, 0) is 60.3 Å². The molecule has 0 spiro atoms. The molecule has 26 heavy (non-hydrogen) atoms. The van der Waals surface area contributed by atoms with E-state index in [1.807, 2.05) is 6.07 Å². The van der Waals surface area contributed by atoms with Gasteiger partial charge in [0.05, 0.1) is 7.11 Å². The minimum atomic E-state index is -0.148. The Hall–Kier alpha value is -2.91. The molecule has 0 fully saturated rings. The summed E-state index contributed by atoms with van der Waals surface area (Å²) in [6.07, 6.45) is 1.60. The van der Waals surface area contributed by atoms with Crippen molar-refractivity contribution in [3.05, 3.63) is 34.9 Å². The maximum Gasteiger partial charge on any atom is 0.174 e. The van der Waals surface area contributed by atoms with Gasteiger partial charge in [-0.1, -0.05) is 0 Å². The second-order valence-corrected chi connectivity index (χ2v) is 6.75. The summed E-state index contributed by atoms with van der Waals surface area (Å²) in [6.45, 7) is 0.747. The number of phenolic OH excluding ortho intramolecular Hbond substituents is 2. The first-order chi connectivity index (χ1) is 12.5. The van der Waals surface area contributed by atoms with Gasteiger partial charge < -0.3 is 19.7 Å². The average molecular weight is 352 g/mol. The molecule has 0 saturated heterocycles. The van der Waals surface area contributed by atoms with Crippen molar-refractivity contribution in [3.8, 4) is 40.2 Å². The van der Waals surface area contributed by atoms with Gasteiger partial charge in [-0.25, -0.2) is 0 Å². The Morgan fingerprint density at radius 1 is 1.23 bits per heavy atom. The number of rotatable bonds is 3. The van der Waals surface area contributed by atoms with E-state index in [0.29, 0.717) is 11.5 Å². The van der Waals surface area contributed by atoms with Crippen LogP contribution in [0.1, 0.15) is 22.7 Å². The molecule has 2 aliphatic rings. The van der Waals surface area contributed by atoms with Crippen molar-refractivity contribution in [1.29, 1.82) is 5.26 Å². The molecule has 6 nitrogen and oxygen atoms in total. The lowest BCUT2D eigenvalue weighted by molar-refractivity contribution is 0.226. The molecule has 1 atom stereocenters. The van der Waals surface area contributed by atoms with Crippen LogP contribution >= 0.6 is 0 Å². The molecular weight excluding hydrogens is 332 g/mol. The summed E-state index contributed by atoms with van der Waals surface area (Å²) in [6, 6.07) is 7.36. The number of hydrogen-bond donors (Lipinski definition) is 2. The van der Waals surface area contributed by atoms with Gasteiger partial charge in [0.15, 0.2) is 29.6 Å². The molecule has 0 aromatic heterocycles. The van der Waals surface area contributed by atoms with E-state index in [-0.39, 0.29) is 24.1 Å². The SMILES string of the molecule is COc1cc2c(cc1O)CC1c3c(cc(O)c(OCC#N)c3-2)CCN1C. The fourth-order valence-electron chi connectivity index (χ4n) is 4.14. The summed E-state index contributed by atoms with van der Waals surface area (Å²) in [5.74, 6) is 0.819. The highest BCUT2D eigenvalue weighted by atomic mass is 16.5. The zero-order valence-corrected chi connectivity index (χ0v) is 14.7. The smallest absolute Gasteiger partial charge is 0.174 e. The van der Waals surface area contributed by atoms with Gasteiger partial charge in [-0.15, -0.1) is 0 Å². The van der Waals surface area contributed by atoms with Gasteiger partial charge in [0, 0.05) is 18.2 Å². The Labute approximate surface area is 151 Å². The number of methoxy groups -OCH3 is 1. The van der Waals surface area contributed by atoms with Crippen molar-refractivity contribution in [2.45, 2.75) is 18.9 Å². The fourth-order valence-corrected chi connectivity index (χ4v) is 4.14. The van der Waals surface area contributed by atoms with E-state index in [9.17, 15) is 10.2 Å². The van der Waals surface area contributed by atoms with Crippen molar-refractivity contribution in [1.82, 2.24) is 4.90 Å². The third-order valence-electron chi connectivity index (χ3n) is 5.35. The highest BCUT2D eigenvalue weighted by molar-refractivity contribution is 5.84. The number of phenols is 2. The molecule has 1 aliphatic heterocycles. The van der Waals surface area contributed by atoms with Crippen LogP contribution in [0.2, 0.25) is 0 Å². The number of nitriles is 1. The summed E-state index contributed by atoms with van der Waals surface area (Å²) in [7, 11) is 3.58. The zero-order chi connectivity index (χ0) is 18.4. The number of hydrogen-bond acceptors (Lipinski definition) is 6. The van der Waals surface area contributed by atoms with Crippen LogP contribution in [0.3, 0.4) is 0 Å². The van der Waals surface area contributed by atoms with Crippen molar-refractivity contribution < 1.29 is 19.7 Å². The first kappa shape index (κ1) is 16.6. The summed E-state index contributed by atoms with van der Waals surface area (Å²) in [4.78, 5) is 2.28. The van der Waals surface area contributed by atoms with Crippen LogP contribution < -0.4 is 9.47 Å². The third kappa shape index (κ3) is 2.36. The molecule has 0 bridgehead atoms. The van der Waals surface area contributed by atoms with Crippen LogP contribution in [0.25, 0.3) is 11.1 Å². The Bertz CT molecular complexity index is 933. The van der Waals surface area contributed by atoms with E-state index < -0.39 is 0 Å². The normalized spacial score (nSPS) is 17.8. The molecular formula is C20H20N2O4. The summed E-state index contributed by atoms with van der Waals surface area (Å²) >= 11 is 0. The Balaban J connectivity index is 2.04. The second kappa shape index (κ2) is 6.11. The molecule has 134 valence electrons. The molecule has 1 aliphatic carbocycles. The van der Waals surface area contributed by atoms with Gasteiger partial charge in [0.1, 0.15) is 6.07 Å². The number of ether oxygens (including phenoxy) is 2. The van der Waals surface area contributed by atoms with E-state index in [4.69, 9.17) is 14.7 Å². The molecule has 0 radical (unpaired) electrons. The summed E-state index contributed by atoms with van der Waals surface area (Å²) < 4.78 is 10.9. The molecule has 2 aromatic rings. The topological polar surface area (TPSA) is 86.0 Å². The molecule has 4 rings (SSSR count). The van der Waals surface area contributed by atoms with Crippen molar-refractivity contribution in [3.63, 3.8) is 0 Å². The van der Waals surface area contributed by atoms with Crippen LogP contribution in [0.4, 0.5) is 0 Å². The van der Waals surface area contributed by atoms with Crippen molar-refractivity contribution in [2.75, 3.05) is 27.3 Å². The lowest BCUT2D eigenvalue weighted by Gasteiger charge is -2.40. The molecule has 1 heterocycles. The Morgan fingerprint density at radius 3 is 2.73 bits per heavy atom. The maximum atomic E-state index is 10.6. The van der Waals surface area contributed by atoms with E-state index in [1.165, 1.54) is 7.11 Å². The van der Waals surface area contributed by atoms with Crippen LogP contribution in [-0.2, 0) is 12.8 Å². The maximum absolute atomic E-state index is 10.6.